The highest BCUT2D eigenvalue weighted by molar-refractivity contribution is 5.66. The lowest BCUT2D eigenvalue weighted by molar-refractivity contribution is -0.137. The van der Waals surface area contributed by atoms with Crippen molar-refractivity contribution in [2.75, 3.05) is 26.8 Å². The van der Waals surface area contributed by atoms with E-state index in [0.29, 0.717) is 6.04 Å². The quantitative estimate of drug-likeness (QED) is 0.584. The number of hydrogen-bond donors (Lipinski definition) is 1. The molecule has 4 nitrogen and oxygen atoms in total. The molecule has 4 heteroatoms. The molecule has 96 valence electrons. The highest BCUT2D eigenvalue weighted by Gasteiger charge is 2.09. The van der Waals surface area contributed by atoms with Crippen molar-refractivity contribution in [1.82, 2.24) is 4.90 Å². The number of aliphatic carboxylic acids is 1. The zero-order valence-electron chi connectivity index (χ0n) is 10.7. The summed E-state index contributed by atoms with van der Waals surface area (Å²) in [5, 5.41) is 8.58. The lowest BCUT2D eigenvalue weighted by Crippen LogP contribution is -2.33. The van der Waals surface area contributed by atoms with Crippen molar-refractivity contribution in [2.45, 2.75) is 45.6 Å². The van der Waals surface area contributed by atoms with E-state index in [1.165, 1.54) is 0 Å². The number of carbonyl (C=O) groups is 1. The van der Waals surface area contributed by atoms with Gasteiger partial charge in [-0.2, -0.15) is 0 Å². The van der Waals surface area contributed by atoms with Crippen molar-refractivity contribution in [3.05, 3.63) is 0 Å². The van der Waals surface area contributed by atoms with Crippen LogP contribution in [0.3, 0.4) is 0 Å². The smallest absolute Gasteiger partial charge is 0.303 e. The fourth-order valence-electron chi connectivity index (χ4n) is 1.62. The van der Waals surface area contributed by atoms with E-state index in [2.05, 4.69) is 18.7 Å². The molecule has 0 bridgehead atoms. The van der Waals surface area contributed by atoms with E-state index in [0.717, 1.165) is 39.0 Å². The van der Waals surface area contributed by atoms with Crippen molar-refractivity contribution in [2.24, 2.45) is 0 Å². The van der Waals surface area contributed by atoms with Gasteiger partial charge in [0.2, 0.25) is 0 Å². The topological polar surface area (TPSA) is 49.8 Å². The van der Waals surface area contributed by atoms with Gasteiger partial charge in [0.05, 0.1) is 0 Å². The summed E-state index contributed by atoms with van der Waals surface area (Å²) < 4.78 is 5.00. The summed E-state index contributed by atoms with van der Waals surface area (Å²) in [4.78, 5) is 12.7. The molecule has 0 aromatic rings. The zero-order valence-corrected chi connectivity index (χ0v) is 10.7. The zero-order chi connectivity index (χ0) is 12.4. The summed E-state index contributed by atoms with van der Waals surface area (Å²) in [6, 6.07) is 0.483. The Morgan fingerprint density at radius 2 is 1.88 bits per heavy atom. The van der Waals surface area contributed by atoms with Crippen LogP contribution in [0, 0.1) is 0 Å². The monoisotopic (exact) mass is 231 g/mol. The Kier molecular flexibility index (Phi) is 9.24. The second-order valence-electron chi connectivity index (χ2n) is 4.33. The van der Waals surface area contributed by atoms with Crippen LogP contribution in [0.5, 0.6) is 0 Å². The van der Waals surface area contributed by atoms with Crippen LogP contribution in [0.1, 0.15) is 39.5 Å². The first-order valence-electron chi connectivity index (χ1n) is 6.02. The van der Waals surface area contributed by atoms with Crippen molar-refractivity contribution in [3.8, 4) is 0 Å². The van der Waals surface area contributed by atoms with Crippen LogP contribution < -0.4 is 0 Å². The molecule has 0 aromatic carbocycles. The second-order valence-corrected chi connectivity index (χ2v) is 4.33. The fraction of sp³-hybridized carbons (Fsp3) is 0.917. The van der Waals surface area contributed by atoms with E-state index in [4.69, 9.17) is 9.84 Å². The SMILES string of the molecule is COCCCCN(CCCC(=O)O)C(C)C. The molecule has 0 atom stereocenters. The molecule has 0 amide bonds. The van der Waals surface area contributed by atoms with E-state index in [-0.39, 0.29) is 6.42 Å². The number of carboxylic acid groups (broad SMARTS) is 1. The normalized spacial score (nSPS) is 11.3. The minimum Gasteiger partial charge on any atom is -0.481 e. The maximum Gasteiger partial charge on any atom is 0.303 e. The van der Waals surface area contributed by atoms with Crippen molar-refractivity contribution >= 4 is 5.97 Å². The molecule has 0 aliphatic heterocycles. The molecule has 0 radical (unpaired) electrons. The van der Waals surface area contributed by atoms with Crippen LogP contribution in [-0.2, 0) is 9.53 Å². The molecular formula is C12H25NO3. The van der Waals surface area contributed by atoms with Gasteiger partial charge in [-0.3, -0.25) is 4.79 Å². The van der Waals surface area contributed by atoms with Crippen molar-refractivity contribution < 1.29 is 14.6 Å². The number of ether oxygens (including phenoxy) is 1. The van der Waals surface area contributed by atoms with Crippen LogP contribution in [0.25, 0.3) is 0 Å². The molecule has 0 heterocycles. The number of rotatable bonds is 10. The third kappa shape index (κ3) is 8.68. The van der Waals surface area contributed by atoms with Gasteiger partial charge in [-0.1, -0.05) is 0 Å². The molecule has 16 heavy (non-hydrogen) atoms. The standard InChI is InChI=1S/C12H25NO3/c1-11(2)13(8-4-5-10-16-3)9-6-7-12(14)15/h11H,4-10H2,1-3H3,(H,14,15). The lowest BCUT2D eigenvalue weighted by Gasteiger charge is -2.26. The Morgan fingerprint density at radius 3 is 2.38 bits per heavy atom. The van der Waals surface area contributed by atoms with Gasteiger partial charge in [-0.15, -0.1) is 0 Å². The van der Waals surface area contributed by atoms with Gasteiger partial charge in [-0.05, 0) is 46.2 Å². The Bertz CT molecular complexity index is 183. The Morgan fingerprint density at radius 1 is 1.25 bits per heavy atom. The molecule has 0 fully saturated rings. The Balaban J connectivity index is 3.66. The Labute approximate surface area is 98.6 Å². The second kappa shape index (κ2) is 9.60. The maximum absolute atomic E-state index is 10.4. The maximum atomic E-state index is 10.4. The number of methoxy groups -OCH3 is 1. The summed E-state index contributed by atoms with van der Waals surface area (Å²) in [6.07, 6.45) is 3.18. The van der Waals surface area contributed by atoms with Crippen LogP contribution in [-0.4, -0.2) is 48.8 Å². The summed E-state index contributed by atoms with van der Waals surface area (Å²) in [5.74, 6) is -0.705. The average molecular weight is 231 g/mol. The minimum atomic E-state index is -0.705. The van der Waals surface area contributed by atoms with E-state index in [1.807, 2.05) is 0 Å². The van der Waals surface area contributed by atoms with Gasteiger partial charge in [0.15, 0.2) is 0 Å². The number of carboxylic acids is 1. The first kappa shape index (κ1) is 15.4. The lowest BCUT2D eigenvalue weighted by atomic mass is 10.2. The van der Waals surface area contributed by atoms with Gasteiger partial charge < -0.3 is 14.7 Å². The van der Waals surface area contributed by atoms with Crippen LogP contribution in [0.4, 0.5) is 0 Å². The third-order valence-corrected chi connectivity index (χ3v) is 2.61. The summed E-state index contributed by atoms with van der Waals surface area (Å²) in [7, 11) is 1.72. The predicted molar refractivity (Wildman–Crippen MR) is 64.7 cm³/mol. The number of unbranched alkanes of at least 4 members (excludes halogenated alkanes) is 1. The molecule has 1 N–H and O–H groups in total. The largest absolute Gasteiger partial charge is 0.481 e. The molecular weight excluding hydrogens is 206 g/mol. The third-order valence-electron chi connectivity index (χ3n) is 2.61. The molecule has 0 unspecified atom stereocenters. The molecule has 0 spiro atoms. The van der Waals surface area contributed by atoms with E-state index >= 15 is 0 Å². The van der Waals surface area contributed by atoms with Gasteiger partial charge in [0.1, 0.15) is 0 Å². The molecule has 0 saturated carbocycles. The predicted octanol–water partition coefficient (Wildman–Crippen LogP) is 1.99. The van der Waals surface area contributed by atoms with Crippen molar-refractivity contribution in [3.63, 3.8) is 0 Å². The average Bonchev–Trinajstić information content (AvgIpc) is 2.20. The molecule has 0 aliphatic rings. The summed E-state index contributed by atoms with van der Waals surface area (Å²) in [5.41, 5.74) is 0. The van der Waals surface area contributed by atoms with Crippen molar-refractivity contribution in [1.29, 1.82) is 0 Å². The van der Waals surface area contributed by atoms with Crippen LogP contribution in [0.2, 0.25) is 0 Å². The van der Waals surface area contributed by atoms with Crippen LogP contribution >= 0.6 is 0 Å². The first-order chi connectivity index (χ1) is 7.57. The van der Waals surface area contributed by atoms with Gasteiger partial charge in [-0.25, -0.2) is 0 Å². The fourth-order valence-corrected chi connectivity index (χ4v) is 1.62. The molecule has 0 rings (SSSR count). The van der Waals surface area contributed by atoms with Gasteiger partial charge in [0.25, 0.3) is 0 Å². The minimum absolute atomic E-state index is 0.265. The number of nitrogens with zero attached hydrogens (tertiary/aromatic N) is 1. The molecule has 0 aromatic heterocycles. The van der Waals surface area contributed by atoms with Crippen LogP contribution in [0.15, 0.2) is 0 Å². The molecule has 0 aliphatic carbocycles. The van der Waals surface area contributed by atoms with Gasteiger partial charge >= 0.3 is 5.97 Å². The Hall–Kier alpha value is -0.610. The molecule has 0 saturated heterocycles. The van der Waals surface area contributed by atoms with E-state index in [9.17, 15) is 4.79 Å². The highest BCUT2D eigenvalue weighted by atomic mass is 16.5. The highest BCUT2D eigenvalue weighted by Crippen LogP contribution is 2.04. The summed E-state index contributed by atoms with van der Waals surface area (Å²) in [6.45, 7) is 7.01. The van der Waals surface area contributed by atoms with Gasteiger partial charge in [0, 0.05) is 26.2 Å². The number of hydrogen-bond acceptors (Lipinski definition) is 3. The summed E-state index contributed by atoms with van der Waals surface area (Å²) >= 11 is 0. The van der Waals surface area contributed by atoms with E-state index < -0.39 is 5.97 Å². The first-order valence-corrected chi connectivity index (χ1v) is 6.02. The van der Waals surface area contributed by atoms with E-state index in [1.54, 1.807) is 7.11 Å².